The van der Waals surface area contributed by atoms with Crippen molar-refractivity contribution in [2.24, 2.45) is 0 Å². The first-order valence-corrected chi connectivity index (χ1v) is 5.58. The molecule has 0 aliphatic carbocycles. The molecule has 0 aromatic rings. The molecule has 0 heterocycles. The predicted molar refractivity (Wildman–Crippen MR) is 41.1 cm³/mol. The smallest absolute Gasteiger partial charge is 1.00 e. The second-order valence-corrected chi connectivity index (χ2v) is 5.59. The van der Waals surface area contributed by atoms with E-state index in [1.54, 1.807) is 0 Å². The number of nitrogens with one attached hydrogen (secondary N) is 1. The van der Waals surface area contributed by atoms with Gasteiger partial charge in [-0.2, -0.15) is 26.3 Å². The quantitative estimate of drug-likeness (QED) is 0.578. The second-order valence-electron chi connectivity index (χ2n) is 1.98. The van der Waals surface area contributed by atoms with Crippen LogP contribution in [0.25, 0.3) is 0 Å². The maximum Gasteiger partial charge on any atom is 2.00 e. The fourth-order valence-electron chi connectivity index (χ4n) is 0.239. The Morgan fingerprint density at radius 3 is 1.06 bits per heavy atom. The van der Waals surface area contributed by atoms with Crippen molar-refractivity contribution >= 4 is 57.8 Å². The van der Waals surface area contributed by atoms with E-state index in [0.29, 0.717) is 0 Å². The standard InChI is InChI=1S/C2HF6NO4S2.Ca.2H/c3-1(4,5)14(10,11)9-15(12,13)2(6,7)8;;;/h9H;;;/q;+2;2*-1. The molecule has 1 N–H and O–H groups in total. The fourth-order valence-corrected chi connectivity index (χ4v) is 2.15. The average molecular weight is 323 g/mol. The van der Waals surface area contributed by atoms with Crippen LogP contribution in [0.2, 0.25) is 0 Å². The zero-order chi connectivity index (χ0) is 12.7. The van der Waals surface area contributed by atoms with Crippen molar-refractivity contribution in [3.8, 4) is 0 Å². The van der Waals surface area contributed by atoms with E-state index < -0.39 is 35.2 Å². The molecule has 0 aromatic heterocycles. The van der Waals surface area contributed by atoms with E-state index in [4.69, 9.17) is 0 Å². The summed E-state index contributed by atoms with van der Waals surface area (Å²) < 4.78 is 108. The van der Waals surface area contributed by atoms with Crippen LogP contribution in [0.1, 0.15) is 2.85 Å². The summed E-state index contributed by atoms with van der Waals surface area (Å²) >= 11 is 0. The maximum absolute atomic E-state index is 11.5. The van der Waals surface area contributed by atoms with Gasteiger partial charge < -0.3 is 2.85 Å². The molecule has 5 nitrogen and oxygen atoms in total. The monoisotopic (exact) mass is 323 g/mol. The van der Waals surface area contributed by atoms with Crippen molar-refractivity contribution in [2.45, 2.75) is 11.0 Å². The van der Waals surface area contributed by atoms with Gasteiger partial charge in [-0.1, -0.05) is 4.13 Å². The van der Waals surface area contributed by atoms with Gasteiger partial charge in [0.2, 0.25) is 0 Å². The Balaban J connectivity index is -0.000000327. The SMILES string of the molecule is O=S(=O)(NS(=O)(=O)C(F)(F)F)C(F)(F)F.[Ca+2].[H-].[H-]. The van der Waals surface area contributed by atoms with E-state index in [9.17, 15) is 43.2 Å². The molecule has 14 heteroatoms. The molecule has 0 saturated heterocycles. The van der Waals surface area contributed by atoms with E-state index in [0.717, 1.165) is 0 Å². The normalized spacial score (nSPS) is 14.4. The van der Waals surface area contributed by atoms with Crippen LogP contribution in [-0.4, -0.2) is 65.6 Å². The van der Waals surface area contributed by atoms with E-state index in [2.05, 4.69) is 0 Å². The molecule has 0 rings (SSSR count). The molecular formula is C2H3CaF6NO4S2. The minimum atomic E-state index is -6.60. The Morgan fingerprint density at radius 1 is 0.750 bits per heavy atom. The minimum absolute atomic E-state index is 0. The summed E-state index contributed by atoms with van der Waals surface area (Å²) in [6, 6.07) is 0. The van der Waals surface area contributed by atoms with Crippen molar-refractivity contribution in [3.63, 3.8) is 0 Å². The summed E-state index contributed by atoms with van der Waals surface area (Å²) in [7, 11) is -13.2. The van der Waals surface area contributed by atoms with Gasteiger partial charge in [-0.15, -0.1) is 0 Å². The van der Waals surface area contributed by atoms with Gasteiger partial charge in [0.25, 0.3) is 0 Å². The molecule has 0 spiro atoms. The summed E-state index contributed by atoms with van der Waals surface area (Å²) in [4.78, 5) is 0. The summed E-state index contributed by atoms with van der Waals surface area (Å²) in [6.07, 6.45) is 0. The van der Waals surface area contributed by atoms with Gasteiger partial charge in [0.15, 0.2) is 0 Å². The van der Waals surface area contributed by atoms with Crippen LogP contribution in [0.15, 0.2) is 0 Å². The molecule has 16 heavy (non-hydrogen) atoms. The molecule has 0 amide bonds. The molecular weight excluding hydrogens is 320 g/mol. The summed E-state index contributed by atoms with van der Waals surface area (Å²) in [5.74, 6) is 0. The van der Waals surface area contributed by atoms with Crippen molar-refractivity contribution in [1.29, 1.82) is 0 Å². The van der Waals surface area contributed by atoms with Gasteiger partial charge in [-0.3, -0.25) is 0 Å². The number of alkyl halides is 6. The Morgan fingerprint density at radius 2 is 0.938 bits per heavy atom. The van der Waals surface area contributed by atoms with Crippen molar-refractivity contribution in [2.75, 3.05) is 0 Å². The van der Waals surface area contributed by atoms with Crippen molar-refractivity contribution in [1.82, 2.24) is 4.13 Å². The largest absolute Gasteiger partial charge is 2.00 e. The molecule has 0 saturated carbocycles. The summed E-state index contributed by atoms with van der Waals surface area (Å²) in [6.45, 7) is 0. The number of halogens is 6. The van der Waals surface area contributed by atoms with Crippen LogP contribution in [0.4, 0.5) is 26.3 Å². The first-order chi connectivity index (χ1) is 6.21. The Hall–Kier alpha value is 0.700. The Bertz CT molecular complexity index is 399. The average Bonchev–Trinajstić information content (AvgIpc) is 1.77. The molecule has 0 fully saturated rings. The Labute approximate surface area is 118 Å². The van der Waals surface area contributed by atoms with Gasteiger partial charge in [0.1, 0.15) is 0 Å². The molecule has 0 atom stereocenters. The zero-order valence-electron chi connectivity index (χ0n) is 8.92. The maximum atomic E-state index is 11.5. The number of rotatable bonds is 2. The molecule has 0 bridgehead atoms. The third-order valence-corrected chi connectivity index (χ3v) is 3.80. The topological polar surface area (TPSA) is 80.3 Å². The fraction of sp³-hybridized carbons (Fsp3) is 1.00. The molecule has 0 radical (unpaired) electrons. The predicted octanol–water partition coefficient (Wildman–Crippen LogP) is 0.119. The van der Waals surface area contributed by atoms with Gasteiger partial charge in [0.05, 0.1) is 0 Å². The minimum Gasteiger partial charge on any atom is -1.00 e. The molecule has 0 aliphatic rings. The third kappa shape index (κ3) is 4.52. The van der Waals surface area contributed by atoms with Crippen LogP contribution in [0.3, 0.4) is 0 Å². The summed E-state index contributed by atoms with van der Waals surface area (Å²) in [5.41, 5.74) is -12.3. The van der Waals surface area contributed by atoms with Crippen LogP contribution < -0.4 is 4.13 Å². The first-order valence-electron chi connectivity index (χ1n) is 2.62. The number of sulfonamides is 2. The molecule has 0 aromatic carbocycles. The van der Waals surface area contributed by atoms with E-state index in [-0.39, 0.29) is 40.6 Å². The molecule has 96 valence electrons. The van der Waals surface area contributed by atoms with Crippen molar-refractivity contribution in [3.05, 3.63) is 0 Å². The Kier molecular flexibility index (Phi) is 6.12. The van der Waals surface area contributed by atoms with Crippen molar-refractivity contribution < 1.29 is 46.0 Å². The first kappa shape index (κ1) is 19.0. The molecule has 0 unspecified atom stereocenters. The van der Waals surface area contributed by atoms with Crippen LogP contribution in [-0.2, 0) is 20.0 Å². The molecule has 0 aliphatic heterocycles. The van der Waals surface area contributed by atoms with Gasteiger partial charge in [-0.25, -0.2) is 16.8 Å². The van der Waals surface area contributed by atoms with Gasteiger partial charge >= 0.3 is 68.8 Å². The zero-order valence-corrected chi connectivity index (χ0v) is 10.8. The van der Waals surface area contributed by atoms with Crippen LogP contribution in [0.5, 0.6) is 0 Å². The number of hydrogen-bond donors (Lipinski definition) is 1. The van der Waals surface area contributed by atoms with Crippen LogP contribution >= 0.6 is 0 Å². The van der Waals surface area contributed by atoms with E-state index in [1.807, 2.05) is 0 Å². The van der Waals surface area contributed by atoms with Gasteiger partial charge in [0, 0.05) is 0 Å². The van der Waals surface area contributed by atoms with Gasteiger partial charge in [-0.05, 0) is 0 Å². The summed E-state index contributed by atoms with van der Waals surface area (Å²) in [5, 5.41) is 0. The van der Waals surface area contributed by atoms with E-state index in [1.165, 1.54) is 0 Å². The van der Waals surface area contributed by atoms with E-state index >= 15 is 0 Å². The second kappa shape index (κ2) is 5.14. The number of hydrogen-bond acceptors (Lipinski definition) is 4. The van der Waals surface area contributed by atoms with Crippen LogP contribution in [0, 0.1) is 0 Å². The third-order valence-electron chi connectivity index (χ3n) is 0.829.